The number of carbonyl (C=O) groups excluding carboxylic acids is 3. The molecule has 0 aromatic rings. The van der Waals surface area contributed by atoms with Gasteiger partial charge < -0.3 is 21.7 Å². The minimum Gasteiger partial charge on any atom is -0.368 e. The van der Waals surface area contributed by atoms with Gasteiger partial charge in [0.2, 0.25) is 11.8 Å². The van der Waals surface area contributed by atoms with Crippen molar-refractivity contribution >= 4 is 17.7 Å². The molecule has 1 rings (SSSR count). The van der Waals surface area contributed by atoms with E-state index in [0.29, 0.717) is 6.42 Å². The Kier molecular flexibility index (Phi) is 6.44. The first-order valence-corrected chi connectivity index (χ1v) is 7.10. The first-order chi connectivity index (χ1) is 9.40. The molecule has 0 aliphatic carbocycles. The zero-order chi connectivity index (χ0) is 15.1. The summed E-state index contributed by atoms with van der Waals surface area (Å²) in [6.45, 7) is 4.68. The van der Waals surface area contributed by atoms with Crippen LogP contribution in [0.25, 0.3) is 0 Å². The van der Waals surface area contributed by atoms with Gasteiger partial charge in [0.05, 0.1) is 13.1 Å². The van der Waals surface area contributed by atoms with Crippen LogP contribution in [0.2, 0.25) is 0 Å². The SMILES string of the molecule is CC(C)C[C@@H](NC(=O)[C@@H]1CCC[NH2+]1)C(=O)NCC(N)=O. The fraction of sp³-hybridized carbons (Fsp3) is 0.769. The summed E-state index contributed by atoms with van der Waals surface area (Å²) in [5, 5.41) is 7.21. The van der Waals surface area contributed by atoms with Gasteiger partial charge in [-0.1, -0.05) is 13.8 Å². The molecular weight excluding hydrogens is 260 g/mol. The van der Waals surface area contributed by atoms with Crippen molar-refractivity contribution in [3.05, 3.63) is 0 Å². The van der Waals surface area contributed by atoms with E-state index in [4.69, 9.17) is 5.73 Å². The Bertz CT molecular complexity index is 365. The molecule has 7 nitrogen and oxygen atoms in total. The van der Waals surface area contributed by atoms with Gasteiger partial charge in [0.25, 0.3) is 5.91 Å². The van der Waals surface area contributed by atoms with E-state index < -0.39 is 11.9 Å². The van der Waals surface area contributed by atoms with Crippen LogP contribution in [0.1, 0.15) is 33.1 Å². The van der Waals surface area contributed by atoms with Crippen LogP contribution < -0.4 is 21.7 Å². The molecule has 7 heteroatoms. The van der Waals surface area contributed by atoms with Crippen LogP contribution in [0.15, 0.2) is 0 Å². The van der Waals surface area contributed by atoms with Crippen LogP contribution in [0, 0.1) is 5.92 Å². The van der Waals surface area contributed by atoms with Crippen molar-refractivity contribution in [2.45, 2.75) is 45.2 Å². The molecule has 1 saturated heterocycles. The summed E-state index contributed by atoms with van der Waals surface area (Å²) in [7, 11) is 0. The van der Waals surface area contributed by atoms with E-state index in [0.717, 1.165) is 19.4 Å². The zero-order valence-corrected chi connectivity index (χ0v) is 12.1. The third-order valence-corrected chi connectivity index (χ3v) is 3.28. The van der Waals surface area contributed by atoms with E-state index in [1.807, 2.05) is 19.2 Å². The number of nitrogens with two attached hydrogens (primary N) is 2. The summed E-state index contributed by atoms with van der Waals surface area (Å²) in [5.41, 5.74) is 5.00. The predicted octanol–water partition coefficient (Wildman–Crippen LogP) is -2.16. The van der Waals surface area contributed by atoms with Crippen molar-refractivity contribution < 1.29 is 19.7 Å². The highest BCUT2D eigenvalue weighted by Crippen LogP contribution is 2.06. The van der Waals surface area contributed by atoms with Gasteiger partial charge >= 0.3 is 0 Å². The molecule has 0 aromatic carbocycles. The maximum absolute atomic E-state index is 12.1. The molecule has 0 unspecified atom stereocenters. The number of nitrogens with one attached hydrogen (secondary N) is 2. The van der Waals surface area contributed by atoms with E-state index in [9.17, 15) is 14.4 Å². The monoisotopic (exact) mass is 285 g/mol. The van der Waals surface area contributed by atoms with Crippen molar-refractivity contribution in [1.29, 1.82) is 0 Å². The normalized spacial score (nSPS) is 19.6. The number of quaternary nitrogens is 1. The van der Waals surface area contributed by atoms with Crippen molar-refractivity contribution in [1.82, 2.24) is 10.6 Å². The molecule has 1 heterocycles. The number of rotatable bonds is 7. The van der Waals surface area contributed by atoms with Crippen LogP contribution >= 0.6 is 0 Å². The van der Waals surface area contributed by atoms with Gasteiger partial charge in [-0.2, -0.15) is 0 Å². The molecule has 6 N–H and O–H groups in total. The second kappa shape index (κ2) is 7.84. The molecule has 0 radical (unpaired) electrons. The smallest absolute Gasteiger partial charge is 0.278 e. The van der Waals surface area contributed by atoms with Gasteiger partial charge in [-0.05, 0) is 12.3 Å². The molecule has 0 saturated carbocycles. The molecule has 1 aliphatic rings. The molecule has 0 spiro atoms. The summed E-state index contributed by atoms with van der Waals surface area (Å²) in [4.78, 5) is 34.8. The fourth-order valence-corrected chi connectivity index (χ4v) is 2.29. The summed E-state index contributed by atoms with van der Waals surface area (Å²) in [6, 6.07) is -0.718. The van der Waals surface area contributed by atoms with Gasteiger partial charge in [0.1, 0.15) is 6.04 Å². The molecule has 1 fully saturated rings. The molecule has 0 bridgehead atoms. The lowest BCUT2D eigenvalue weighted by Crippen LogP contribution is -2.89. The Hall–Kier alpha value is -1.63. The van der Waals surface area contributed by atoms with E-state index in [2.05, 4.69) is 10.6 Å². The Labute approximate surface area is 119 Å². The van der Waals surface area contributed by atoms with E-state index >= 15 is 0 Å². The lowest BCUT2D eigenvalue weighted by Gasteiger charge is -2.20. The molecule has 114 valence electrons. The molecule has 1 aliphatic heterocycles. The third kappa shape index (κ3) is 5.56. The van der Waals surface area contributed by atoms with Crippen LogP contribution in [0.3, 0.4) is 0 Å². The van der Waals surface area contributed by atoms with Crippen molar-refractivity contribution in [3.63, 3.8) is 0 Å². The predicted molar refractivity (Wildman–Crippen MR) is 73.4 cm³/mol. The van der Waals surface area contributed by atoms with Crippen LogP contribution in [-0.4, -0.2) is 42.9 Å². The Morgan fingerprint density at radius 1 is 1.35 bits per heavy atom. The maximum atomic E-state index is 12.1. The van der Waals surface area contributed by atoms with E-state index in [1.54, 1.807) is 0 Å². The summed E-state index contributed by atoms with van der Waals surface area (Å²) in [5.74, 6) is -0.810. The lowest BCUT2D eigenvalue weighted by atomic mass is 10.0. The second-order valence-corrected chi connectivity index (χ2v) is 5.65. The van der Waals surface area contributed by atoms with Gasteiger partial charge in [0.15, 0.2) is 6.04 Å². The average Bonchev–Trinajstić information content (AvgIpc) is 2.88. The number of hydrogen-bond acceptors (Lipinski definition) is 3. The maximum Gasteiger partial charge on any atom is 0.278 e. The van der Waals surface area contributed by atoms with E-state index in [-0.39, 0.29) is 30.3 Å². The highest BCUT2D eigenvalue weighted by Gasteiger charge is 2.30. The third-order valence-electron chi connectivity index (χ3n) is 3.28. The Balaban J connectivity index is 2.55. The first kappa shape index (κ1) is 16.4. The molecule has 20 heavy (non-hydrogen) atoms. The molecule has 2 atom stereocenters. The number of carbonyl (C=O) groups is 3. The molecule has 0 aromatic heterocycles. The minimum absolute atomic E-state index is 0.103. The summed E-state index contributed by atoms with van der Waals surface area (Å²) < 4.78 is 0. The van der Waals surface area contributed by atoms with Crippen molar-refractivity contribution in [2.75, 3.05) is 13.1 Å². The quantitative estimate of drug-likeness (QED) is 0.427. The molecular formula is C13H25N4O3+. The van der Waals surface area contributed by atoms with Gasteiger partial charge in [-0.25, -0.2) is 0 Å². The lowest BCUT2D eigenvalue weighted by molar-refractivity contribution is -0.657. The average molecular weight is 285 g/mol. The Morgan fingerprint density at radius 3 is 2.55 bits per heavy atom. The van der Waals surface area contributed by atoms with Crippen LogP contribution in [-0.2, 0) is 14.4 Å². The largest absolute Gasteiger partial charge is 0.368 e. The number of primary amides is 1. The van der Waals surface area contributed by atoms with E-state index in [1.165, 1.54) is 0 Å². The van der Waals surface area contributed by atoms with Crippen molar-refractivity contribution in [3.8, 4) is 0 Å². The second-order valence-electron chi connectivity index (χ2n) is 5.65. The highest BCUT2D eigenvalue weighted by atomic mass is 16.2. The van der Waals surface area contributed by atoms with Gasteiger partial charge in [0, 0.05) is 12.8 Å². The van der Waals surface area contributed by atoms with Gasteiger partial charge in [-0.3, -0.25) is 14.4 Å². The number of hydrogen-bond donors (Lipinski definition) is 4. The van der Waals surface area contributed by atoms with Crippen molar-refractivity contribution in [2.24, 2.45) is 11.7 Å². The van der Waals surface area contributed by atoms with Crippen LogP contribution in [0.4, 0.5) is 0 Å². The summed E-state index contributed by atoms with van der Waals surface area (Å²) >= 11 is 0. The minimum atomic E-state index is -0.615. The topological polar surface area (TPSA) is 118 Å². The van der Waals surface area contributed by atoms with Crippen LogP contribution in [0.5, 0.6) is 0 Å². The zero-order valence-electron chi connectivity index (χ0n) is 12.1. The highest BCUT2D eigenvalue weighted by molar-refractivity contribution is 5.91. The van der Waals surface area contributed by atoms with Gasteiger partial charge in [-0.15, -0.1) is 0 Å². The first-order valence-electron chi connectivity index (χ1n) is 7.10. The fourth-order valence-electron chi connectivity index (χ4n) is 2.29. The Morgan fingerprint density at radius 2 is 2.05 bits per heavy atom. The molecule has 3 amide bonds. The standard InChI is InChI=1S/C13H24N4O3/c1-8(2)6-10(12(19)16-7-11(14)18)17-13(20)9-4-3-5-15-9/h8-10,15H,3-7H2,1-2H3,(H2,14,18)(H,16,19)(H,17,20)/p+1/t9-,10+/m0/s1. The number of amides is 3. The summed E-state index contributed by atoms with van der Waals surface area (Å²) in [6.07, 6.45) is 2.38.